The van der Waals surface area contributed by atoms with E-state index >= 15 is 0 Å². The van der Waals surface area contributed by atoms with Gasteiger partial charge < -0.3 is 10.1 Å². The average Bonchev–Trinajstić information content (AvgIpc) is 3.32. The van der Waals surface area contributed by atoms with Crippen LogP contribution in [0.1, 0.15) is 24.1 Å². The first-order valence-corrected chi connectivity index (χ1v) is 9.81. The maximum atomic E-state index is 13.1. The predicted octanol–water partition coefficient (Wildman–Crippen LogP) is 3.52. The maximum absolute atomic E-state index is 13.1. The summed E-state index contributed by atoms with van der Waals surface area (Å²) < 4.78 is 7.78. The summed E-state index contributed by atoms with van der Waals surface area (Å²) in [6.45, 7) is 3.69. The Morgan fingerprint density at radius 1 is 1.24 bits per heavy atom. The van der Waals surface area contributed by atoms with Gasteiger partial charge in [-0.05, 0) is 50.6 Å². The average molecular weight is 391 g/mol. The Morgan fingerprint density at radius 3 is 2.86 bits per heavy atom. The monoisotopic (exact) mass is 391 g/mol. The lowest BCUT2D eigenvalue weighted by atomic mass is 10.1. The van der Waals surface area contributed by atoms with Crippen LogP contribution in [0.25, 0.3) is 0 Å². The molecule has 1 aromatic carbocycles. The molecule has 2 aromatic heterocycles. The van der Waals surface area contributed by atoms with Crippen LogP contribution >= 0.6 is 0 Å². The van der Waals surface area contributed by atoms with Gasteiger partial charge >= 0.3 is 0 Å². The highest BCUT2D eigenvalue weighted by molar-refractivity contribution is 5.96. The van der Waals surface area contributed by atoms with Gasteiger partial charge in [-0.2, -0.15) is 5.10 Å². The molecule has 0 unspecified atom stereocenters. The Hall–Kier alpha value is -3.19. The summed E-state index contributed by atoms with van der Waals surface area (Å²) in [4.78, 5) is 19.4. The quantitative estimate of drug-likeness (QED) is 0.696. The van der Waals surface area contributed by atoms with Crippen LogP contribution in [-0.4, -0.2) is 38.2 Å². The molecule has 1 N–H and O–H groups in total. The molecule has 7 nitrogen and oxygen atoms in total. The molecule has 1 saturated heterocycles. The molecule has 1 atom stereocenters. The van der Waals surface area contributed by atoms with E-state index in [4.69, 9.17) is 4.74 Å². The van der Waals surface area contributed by atoms with Gasteiger partial charge in [0.25, 0.3) is 0 Å². The molecular weight excluding hydrogens is 366 g/mol. The van der Waals surface area contributed by atoms with E-state index in [1.165, 1.54) is 0 Å². The summed E-state index contributed by atoms with van der Waals surface area (Å²) in [5.74, 6) is 1.22. The number of para-hydroxylation sites is 2. The van der Waals surface area contributed by atoms with Crippen molar-refractivity contribution in [2.75, 3.05) is 11.9 Å². The fourth-order valence-corrected chi connectivity index (χ4v) is 3.64. The van der Waals surface area contributed by atoms with E-state index < -0.39 is 0 Å². The van der Waals surface area contributed by atoms with Crippen LogP contribution in [0.15, 0.2) is 55.0 Å². The number of hydrogen-bond donors (Lipinski definition) is 1. The van der Waals surface area contributed by atoms with Crippen molar-refractivity contribution < 1.29 is 9.53 Å². The lowest BCUT2D eigenvalue weighted by Gasteiger charge is -2.24. The lowest BCUT2D eigenvalue weighted by molar-refractivity contribution is -0.120. The molecule has 0 aliphatic carbocycles. The van der Waals surface area contributed by atoms with Crippen molar-refractivity contribution >= 4 is 11.6 Å². The molecule has 0 saturated carbocycles. The summed E-state index contributed by atoms with van der Waals surface area (Å²) in [6.07, 6.45) is 7.08. The second-order valence-corrected chi connectivity index (χ2v) is 7.28. The molecule has 29 heavy (non-hydrogen) atoms. The van der Waals surface area contributed by atoms with Crippen LogP contribution in [0.2, 0.25) is 0 Å². The number of pyridine rings is 1. The van der Waals surface area contributed by atoms with Crippen LogP contribution in [0.4, 0.5) is 5.69 Å². The topological polar surface area (TPSA) is 72.3 Å². The molecular formula is C22H25N5O2. The fourth-order valence-electron chi connectivity index (χ4n) is 3.64. The number of likely N-dealkylation sites (tertiary alicyclic amines) is 1. The number of ether oxygens (including phenoxy) is 1. The Bertz CT molecular complexity index is 986. The van der Waals surface area contributed by atoms with E-state index in [1.54, 1.807) is 12.4 Å². The summed E-state index contributed by atoms with van der Waals surface area (Å²) >= 11 is 0. The Morgan fingerprint density at radius 2 is 2.10 bits per heavy atom. The van der Waals surface area contributed by atoms with Gasteiger partial charge in [0.05, 0.1) is 24.1 Å². The van der Waals surface area contributed by atoms with E-state index in [1.807, 2.05) is 54.3 Å². The minimum Gasteiger partial charge on any atom is -0.454 e. The van der Waals surface area contributed by atoms with Crippen molar-refractivity contribution in [2.24, 2.45) is 7.05 Å². The molecule has 7 heteroatoms. The molecule has 0 bridgehead atoms. The number of carbonyl (C=O) groups excluding carboxylic acids is 1. The highest BCUT2D eigenvalue weighted by Gasteiger charge is 2.31. The van der Waals surface area contributed by atoms with Crippen molar-refractivity contribution in [3.05, 3.63) is 66.2 Å². The predicted molar refractivity (Wildman–Crippen MR) is 111 cm³/mol. The number of rotatable bonds is 6. The van der Waals surface area contributed by atoms with Crippen molar-refractivity contribution in [2.45, 2.75) is 32.4 Å². The minimum atomic E-state index is -0.166. The van der Waals surface area contributed by atoms with E-state index in [0.717, 1.165) is 37.2 Å². The van der Waals surface area contributed by atoms with Crippen molar-refractivity contribution in [3.63, 3.8) is 0 Å². The number of aromatic nitrogens is 3. The second kappa shape index (κ2) is 8.45. The first-order chi connectivity index (χ1) is 14.1. The molecule has 1 fully saturated rings. The summed E-state index contributed by atoms with van der Waals surface area (Å²) in [6, 6.07) is 10.9. The van der Waals surface area contributed by atoms with E-state index in [2.05, 4.69) is 27.2 Å². The molecule has 3 aromatic rings. The Balaban J connectivity index is 1.47. The van der Waals surface area contributed by atoms with Crippen molar-refractivity contribution in [1.29, 1.82) is 0 Å². The Kier molecular flexibility index (Phi) is 5.57. The van der Waals surface area contributed by atoms with E-state index in [0.29, 0.717) is 17.2 Å². The summed E-state index contributed by atoms with van der Waals surface area (Å²) in [5.41, 5.74) is 2.95. The first kappa shape index (κ1) is 19.1. The molecule has 1 aliphatic rings. The van der Waals surface area contributed by atoms with Gasteiger partial charge in [-0.3, -0.25) is 19.4 Å². The van der Waals surface area contributed by atoms with Gasteiger partial charge in [-0.25, -0.2) is 0 Å². The van der Waals surface area contributed by atoms with Gasteiger partial charge in [0, 0.05) is 31.0 Å². The molecule has 4 rings (SSSR count). The van der Waals surface area contributed by atoms with Crippen LogP contribution < -0.4 is 10.1 Å². The highest BCUT2D eigenvalue weighted by atomic mass is 16.5. The number of nitrogens with one attached hydrogen (secondary N) is 1. The largest absolute Gasteiger partial charge is 0.454 e. The standard InChI is InChI=1S/C22H25N5O2/c1-16-17(13-24-26(16)2)15-27-12-6-9-20(27)22(28)25-19-8-3-4-10-21(19)29-18-7-5-11-23-14-18/h3-5,7-8,10-11,13-14,20H,6,9,12,15H2,1-2H3,(H,25,28)/t20-/m1/s1. The normalized spacial score (nSPS) is 16.7. The number of benzene rings is 1. The van der Waals surface area contributed by atoms with Gasteiger partial charge in [-0.1, -0.05) is 12.1 Å². The Labute approximate surface area is 170 Å². The lowest BCUT2D eigenvalue weighted by Crippen LogP contribution is -2.39. The number of nitrogens with zero attached hydrogens (tertiary/aromatic N) is 4. The van der Waals surface area contributed by atoms with E-state index in [9.17, 15) is 4.79 Å². The van der Waals surface area contributed by atoms with Crippen LogP contribution in [0.3, 0.4) is 0 Å². The van der Waals surface area contributed by atoms with Gasteiger partial charge in [0.2, 0.25) is 5.91 Å². The minimum absolute atomic E-state index is 0.00807. The third-order valence-electron chi connectivity index (χ3n) is 5.38. The number of hydrogen-bond acceptors (Lipinski definition) is 5. The SMILES string of the molecule is Cc1c(CN2CCC[C@@H]2C(=O)Nc2ccccc2Oc2cccnc2)cnn1C. The van der Waals surface area contributed by atoms with Crippen molar-refractivity contribution in [3.8, 4) is 11.5 Å². The molecule has 0 spiro atoms. The van der Waals surface area contributed by atoms with Gasteiger partial charge in [-0.15, -0.1) is 0 Å². The van der Waals surface area contributed by atoms with Crippen LogP contribution in [-0.2, 0) is 18.4 Å². The molecule has 3 heterocycles. The number of carbonyl (C=O) groups is 1. The van der Waals surface area contributed by atoms with E-state index in [-0.39, 0.29) is 11.9 Å². The third kappa shape index (κ3) is 4.30. The zero-order valence-electron chi connectivity index (χ0n) is 16.7. The maximum Gasteiger partial charge on any atom is 0.241 e. The second-order valence-electron chi connectivity index (χ2n) is 7.28. The van der Waals surface area contributed by atoms with Gasteiger partial charge in [0.1, 0.15) is 5.75 Å². The summed E-state index contributed by atoms with van der Waals surface area (Å²) in [7, 11) is 1.94. The number of amides is 1. The van der Waals surface area contributed by atoms with Gasteiger partial charge in [0.15, 0.2) is 5.75 Å². The fraction of sp³-hybridized carbons (Fsp3) is 0.318. The molecule has 1 amide bonds. The zero-order valence-corrected chi connectivity index (χ0v) is 16.7. The number of aryl methyl sites for hydroxylation is 1. The zero-order chi connectivity index (χ0) is 20.2. The third-order valence-corrected chi connectivity index (χ3v) is 5.38. The first-order valence-electron chi connectivity index (χ1n) is 9.81. The van der Waals surface area contributed by atoms with Crippen molar-refractivity contribution in [1.82, 2.24) is 19.7 Å². The number of anilines is 1. The molecule has 1 aliphatic heterocycles. The van der Waals surface area contributed by atoms with Crippen LogP contribution in [0, 0.1) is 6.92 Å². The van der Waals surface area contributed by atoms with Crippen LogP contribution in [0.5, 0.6) is 11.5 Å². The smallest absolute Gasteiger partial charge is 0.241 e. The molecule has 150 valence electrons. The molecule has 0 radical (unpaired) electrons. The summed E-state index contributed by atoms with van der Waals surface area (Å²) in [5, 5.41) is 7.38. The highest BCUT2D eigenvalue weighted by Crippen LogP contribution is 2.30.